The fourth-order valence-corrected chi connectivity index (χ4v) is 3.59. The zero-order valence-corrected chi connectivity index (χ0v) is 18.1. The molecule has 1 aliphatic heterocycles. The van der Waals surface area contributed by atoms with E-state index in [-0.39, 0.29) is 10.7 Å². The molecule has 0 atom stereocenters. The number of rotatable bonds is 5. The number of amides is 2. The van der Waals surface area contributed by atoms with Crippen LogP contribution in [0.5, 0.6) is 5.75 Å². The fraction of sp³-hybridized carbons (Fsp3) is 0.0800. The average molecular weight is 447 g/mol. The zero-order chi connectivity index (χ0) is 22.8. The maximum Gasteiger partial charge on any atom is 0.343 e. The third-order valence-electron chi connectivity index (χ3n) is 4.96. The summed E-state index contributed by atoms with van der Waals surface area (Å²) in [5.74, 6) is -1.19. The Bertz CT molecular complexity index is 1250. The lowest BCUT2D eigenvalue weighted by Crippen LogP contribution is -2.32. The second-order valence-electron chi connectivity index (χ2n) is 7.33. The van der Waals surface area contributed by atoms with Gasteiger partial charge in [0.2, 0.25) is 0 Å². The summed E-state index contributed by atoms with van der Waals surface area (Å²) in [5.41, 5.74) is 3.12. The minimum absolute atomic E-state index is 0.0174. The third-order valence-corrected chi connectivity index (χ3v) is 5.31. The van der Waals surface area contributed by atoms with Crippen molar-refractivity contribution in [2.75, 3.05) is 10.2 Å². The molecule has 7 heteroatoms. The molecule has 0 unspecified atom stereocenters. The number of imide groups is 1. The molecule has 6 nitrogen and oxygen atoms in total. The summed E-state index contributed by atoms with van der Waals surface area (Å²) in [6.45, 7) is 3.76. The zero-order valence-electron chi connectivity index (χ0n) is 17.4. The number of nitrogens with zero attached hydrogens (tertiary/aromatic N) is 1. The van der Waals surface area contributed by atoms with E-state index in [2.05, 4.69) is 5.32 Å². The average Bonchev–Trinajstić information content (AvgIpc) is 2.98. The first-order chi connectivity index (χ1) is 15.3. The van der Waals surface area contributed by atoms with Gasteiger partial charge in [0.15, 0.2) is 0 Å². The van der Waals surface area contributed by atoms with Gasteiger partial charge in [0.1, 0.15) is 16.5 Å². The van der Waals surface area contributed by atoms with Crippen LogP contribution in [0.1, 0.15) is 21.5 Å². The summed E-state index contributed by atoms with van der Waals surface area (Å²) in [5, 5.41) is 2.71. The topological polar surface area (TPSA) is 75.7 Å². The Morgan fingerprint density at radius 3 is 2.25 bits per heavy atom. The Morgan fingerprint density at radius 2 is 1.59 bits per heavy atom. The van der Waals surface area contributed by atoms with E-state index in [1.807, 2.05) is 32.0 Å². The number of para-hydroxylation sites is 1. The highest BCUT2D eigenvalue weighted by Gasteiger charge is 2.39. The van der Waals surface area contributed by atoms with Crippen molar-refractivity contribution in [2.24, 2.45) is 0 Å². The Hall–Kier alpha value is -3.90. The van der Waals surface area contributed by atoms with E-state index in [1.54, 1.807) is 54.6 Å². The number of carbonyl (C=O) groups excluding carboxylic acids is 3. The first-order valence-electron chi connectivity index (χ1n) is 9.85. The Labute approximate surface area is 190 Å². The molecule has 2 amide bonds. The molecule has 0 bridgehead atoms. The maximum absolute atomic E-state index is 13.0. The van der Waals surface area contributed by atoms with Crippen LogP contribution in [-0.4, -0.2) is 17.8 Å². The summed E-state index contributed by atoms with van der Waals surface area (Å²) >= 11 is 6.20. The molecule has 1 aliphatic rings. The molecule has 3 aromatic carbocycles. The van der Waals surface area contributed by atoms with Crippen molar-refractivity contribution in [2.45, 2.75) is 13.8 Å². The predicted octanol–water partition coefficient (Wildman–Crippen LogP) is 4.96. The van der Waals surface area contributed by atoms with Gasteiger partial charge in [-0.05, 0) is 61.9 Å². The molecule has 0 saturated carbocycles. The second kappa shape index (κ2) is 8.69. The van der Waals surface area contributed by atoms with Crippen molar-refractivity contribution < 1.29 is 19.1 Å². The van der Waals surface area contributed by atoms with Crippen LogP contribution >= 0.6 is 11.6 Å². The maximum atomic E-state index is 13.0. The monoisotopic (exact) mass is 446 g/mol. The number of nitrogens with one attached hydrogen (secondary N) is 1. The van der Waals surface area contributed by atoms with Crippen molar-refractivity contribution in [1.29, 1.82) is 0 Å². The summed E-state index contributed by atoms with van der Waals surface area (Å²) in [6, 6.07) is 20.5. The molecule has 4 rings (SSSR count). The second-order valence-corrected chi connectivity index (χ2v) is 7.71. The van der Waals surface area contributed by atoms with Gasteiger partial charge >= 0.3 is 5.97 Å². The van der Waals surface area contributed by atoms with E-state index < -0.39 is 17.8 Å². The number of carbonyl (C=O) groups is 3. The third kappa shape index (κ3) is 4.13. The minimum atomic E-state index is -0.589. The highest BCUT2D eigenvalue weighted by atomic mass is 35.5. The summed E-state index contributed by atoms with van der Waals surface area (Å²) in [4.78, 5) is 39.0. The van der Waals surface area contributed by atoms with E-state index in [4.69, 9.17) is 16.3 Å². The lowest BCUT2D eigenvalue weighted by Gasteiger charge is -2.18. The van der Waals surface area contributed by atoms with Gasteiger partial charge in [-0.15, -0.1) is 0 Å². The van der Waals surface area contributed by atoms with Crippen molar-refractivity contribution >= 4 is 40.8 Å². The molecule has 0 saturated heterocycles. The number of hydrogen-bond acceptors (Lipinski definition) is 5. The summed E-state index contributed by atoms with van der Waals surface area (Å²) in [6.07, 6.45) is 0. The van der Waals surface area contributed by atoms with Gasteiger partial charge in [-0.25, -0.2) is 9.69 Å². The van der Waals surface area contributed by atoms with Crippen LogP contribution in [0.2, 0.25) is 0 Å². The Balaban J connectivity index is 1.50. The number of halogens is 1. The van der Waals surface area contributed by atoms with Gasteiger partial charge in [0.25, 0.3) is 11.8 Å². The van der Waals surface area contributed by atoms with Gasteiger partial charge in [0.05, 0.1) is 11.3 Å². The molecule has 1 heterocycles. The number of benzene rings is 3. The van der Waals surface area contributed by atoms with Gasteiger partial charge in [-0.1, -0.05) is 47.5 Å². The highest BCUT2D eigenvalue weighted by Crippen LogP contribution is 2.32. The van der Waals surface area contributed by atoms with Gasteiger partial charge in [-0.2, -0.15) is 0 Å². The minimum Gasteiger partial charge on any atom is -0.423 e. The molecular weight excluding hydrogens is 428 g/mol. The standard InChI is InChI=1S/C25H19ClN2O4/c1-15-8-13-20(16(2)14-15)28-23(29)21(26)22(24(28)30)27-18-11-9-17(10-12-18)25(31)32-19-6-4-3-5-7-19/h3-14,27H,1-2H3. The summed E-state index contributed by atoms with van der Waals surface area (Å²) in [7, 11) is 0. The van der Waals surface area contributed by atoms with Crippen molar-refractivity contribution in [3.05, 3.63) is 100 Å². The van der Waals surface area contributed by atoms with Gasteiger partial charge in [0, 0.05) is 5.69 Å². The van der Waals surface area contributed by atoms with Crippen LogP contribution < -0.4 is 15.0 Å². The van der Waals surface area contributed by atoms with E-state index in [9.17, 15) is 14.4 Å². The number of esters is 1. The molecular formula is C25H19ClN2O4. The Morgan fingerprint density at radius 1 is 0.906 bits per heavy atom. The molecule has 1 N–H and O–H groups in total. The lowest BCUT2D eigenvalue weighted by molar-refractivity contribution is -0.120. The van der Waals surface area contributed by atoms with E-state index in [1.165, 1.54) is 0 Å². The van der Waals surface area contributed by atoms with Crippen LogP contribution in [0, 0.1) is 13.8 Å². The van der Waals surface area contributed by atoms with Crippen molar-refractivity contribution in [1.82, 2.24) is 0 Å². The quantitative estimate of drug-likeness (QED) is 0.340. The largest absolute Gasteiger partial charge is 0.423 e. The van der Waals surface area contributed by atoms with E-state index in [0.29, 0.717) is 22.7 Å². The van der Waals surface area contributed by atoms with Crippen LogP contribution in [0.3, 0.4) is 0 Å². The van der Waals surface area contributed by atoms with Crippen LogP contribution in [0.25, 0.3) is 0 Å². The number of anilines is 2. The highest BCUT2D eigenvalue weighted by molar-refractivity contribution is 6.53. The van der Waals surface area contributed by atoms with Crippen LogP contribution in [0.4, 0.5) is 11.4 Å². The SMILES string of the molecule is Cc1ccc(N2C(=O)C(Cl)=C(Nc3ccc(C(=O)Oc4ccccc4)cc3)C2=O)c(C)c1. The molecule has 0 aromatic heterocycles. The number of hydrogen-bond donors (Lipinski definition) is 1. The normalized spacial score (nSPS) is 13.5. The molecule has 0 fully saturated rings. The van der Waals surface area contributed by atoms with E-state index >= 15 is 0 Å². The first kappa shape index (κ1) is 21.3. The summed E-state index contributed by atoms with van der Waals surface area (Å²) < 4.78 is 5.31. The van der Waals surface area contributed by atoms with Gasteiger partial charge in [-0.3, -0.25) is 9.59 Å². The predicted molar refractivity (Wildman–Crippen MR) is 123 cm³/mol. The fourth-order valence-electron chi connectivity index (χ4n) is 3.37. The Kier molecular flexibility index (Phi) is 5.79. The van der Waals surface area contributed by atoms with Crippen molar-refractivity contribution in [3.8, 4) is 5.75 Å². The molecule has 0 radical (unpaired) electrons. The first-order valence-corrected chi connectivity index (χ1v) is 10.2. The molecule has 0 spiro atoms. The number of aryl methyl sites for hydroxylation is 2. The van der Waals surface area contributed by atoms with Crippen molar-refractivity contribution in [3.63, 3.8) is 0 Å². The van der Waals surface area contributed by atoms with E-state index in [0.717, 1.165) is 16.0 Å². The smallest absolute Gasteiger partial charge is 0.343 e. The van der Waals surface area contributed by atoms with Gasteiger partial charge < -0.3 is 10.1 Å². The molecule has 0 aliphatic carbocycles. The van der Waals surface area contributed by atoms with Crippen LogP contribution in [0.15, 0.2) is 83.5 Å². The number of ether oxygens (including phenoxy) is 1. The molecule has 3 aromatic rings. The molecule has 160 valence electrons. The lowest BCUT2D eigenvalue weighted by atomic mass is 10.1. The van der Waals surface area contributed by atoms with Crippen LogP contribution in [-0.2, 0) is 9.59 Å². The molecule has 32 heavy (non-hydrogen) atoms.